The van der Waals surface area contributed by atoms with Crippen LogP contribution < -0.4 is 5.32 Å². The van der Waals surface area contributed by atoms with Gasteiger partial charge in [0.15, 0.2) is 0 Å². The van der Waals surface area contributed by atoms with Crippen LogP contribution in [0, 0.1) is 18.7 Å². The van der Waals surface area contributed by atoms with E-state index in [0.29, 0.717) is 18.2 Å². The first-order valence-electron chi connectivity index (χ1n) is 6.49. The summed E-state index contributed by atoms with van der Waals surface area (Å²) >= 11 is 0. The second-order valence-corrected chi connectivity index (χ2v) is 5.11. The van der Waals surface area contributed by atoms with Crippen molar-refractivity contribution in [3.05, 3.63) is 29.6 Å². The number of amides is 2. The average molecular weight is 280 g/mol. The van der Waals surface area contributed by atoms with Gasteiger partial charge in [-0.15, -0.1) is 0 Å². The Balaban J connectivity index is 2.06. The highest BCUT2D eigenvalue weighted by Crippen LogP contribution is 2.30. The molecule has 0 atom stereocenters. The molecule has 1 aliphatic rings. The number of nitrogens with zero attached hydrogens (tertiary/aromatic N) is 1. The SMILES string of the molecule is Cc1ccc(F)cc1NC(=O)N(CC(=O)O)CC1CC1. The van der Waals surface area contributed by atoms with Gasteiger partial charge in [0.2, 0.25) is 0 Å². The first-order valence-corrected chi connectivity index (χ1v) is 6.49. The predicted octanol–water partition coefficient (Wildman–Crippen LogP) is 2.46. The average Bonchev–Trinajstić information content (AvgIpc) is 3.16. The monoisotopic (exact) mass is 280 g/mol. The lowest BCUT2D eigenvalue weighted by Crippen LogP contribution is -2.40. The molecule has 1 saturated carbocycles. The second-order valence-electron chi connectivity index (χ2n) is 5.11. The van der Waals surface area contributed by atoms with Gasteiger partial charge in [-0.25, -0.2) is 9.18 Å². The Bertz CT molecular complexity index is 529. The van der Waals surface area contributed by atoms with Crippen LogP contribution in [0.15, 0.2) is 18.2 Å². The van der Waals surface area contributed by atoms with Crippen LogP contribution in [0.2, 0.25) is 0 Å². The molecule has 0 radical (unpaired) electrons. The van der Waals surface area contributed by atoms with Crippen LogP contribution in [0.3, 0.4) is 0 Å². The van der Waals surface area contributed by atoms with Gasteiger partial charge in [-0.1, -0.05) is 6.07 Å². The summed E-state index contributed by atoms with van der Waals surface area (Å²) < 4.78 is 13.2. The van der Waals surface area contributed by atoms with Crippen molar-refractivity contribution in [3.63, 3.8) is 0 Å². The van der Waals surface area contributed by atoms with E-state index in [9.17, 15) is 14.0 Å². The van der Waals surface area contributed by atoms with E-state index in [1.54, 1.807) is 13.0 Å². The molecule has 1 aromatic carbocycles. The first kappa shape index (κ1) is 14.3. The standard InChI is InChI=1S/C14H17FN2O3/c1-9-2-5-11(15)6-12(9)16-14(20)17(8-13(18)19)7-10-3-4-10/h2,5-6,10H,3-4,7-8H2,1H3,(H,16,20)(H,18,19). The van der Waals surface area contributed by atoms with E-state index < -0.39 is 17.8 Å². The van der Waals surface area contributed by atoms with Crippen molar-refractivity contribution in [2.75, 3.05) is 18.4 Å². The Morgan fingerprint density at radius 1 is 1.45 bits per heavy atom. The van der Waals surface area contributed by atoms with Crippen molar-refractivity contribution in [1.82, 2.24) is 4.90 Å². The molecular weight excluding hydrogens is 263 g/mol. The number of carboxylic acid groups (broad SMARTS) is 1. The van der Waals surface area contributed by atoms with Gasteiger partial charge in [0.25, 0.3) is 0 Å². The molecular formula is C14H17FN2O3. The van der Waals surface area contributed by atoms with Crippen molar-refractivity contribution >= 4 is 17.7 Å². The fraction of sp³-hybridized carbons (Fsp3) is 0.429. The number of rotatable bonds is 5. The molecule has 1 aliphatic carbocycles. The van der Waals surface area contributed by atoms with Crippen LogP contribution in [-0.4, -0.2) is 35.1 Å². The molecule has 2 rings (SSSR count). The number of carbonyl (C=O) groups excluding carboxylic acids is 1. The molecule has 0 aromatic heterocycles. The topological polar surface area (TPSA) is 69.6 Å². The minimum atomic E-state index is -1.06. The summed E-state index contributed by atoms with van der Waals surface area (Å²) in [5.41, 5.74) is 1.09. The minimum Gasteiger partial charge on any atom is -0.480 e. The Morgan fingerprint density at radius 2 is 2.15 bits per heavy atom. The molecule has 0 unspecified atom stereocenters. The molecule has 2 amide bonds. The van der Waals surface area contributed by atoms with E-state index in [4.69, 9.17) is 5.11 Å². The molecule has 108 valence electrons. The zero-order valence-corrected chi connectivity index (χ0v) is 11.2. The third-order valence-corrected chi connectivity index (χ3v) is 3.23. The van der Waals surface area contributed by atoms with Crippen LogP contribution in [-0.2, 0) is 4.79 Å². The number of hydrogen-bond donors (Lipinski definition) is 2. The number of hydrogen-bond acceptors (Lipinski definition) is 2. The van der Waals surface area contributed by atoms with E-state index in [2.05, 4.69) is 5.32 Å². The number of benzene rings is 1. The van der Waals surface area contributed by atoms with Crippen molar-refractivity contribution in [2.45, 2.75) is 19.8 Å². The van der Waals surface area contributed by atoms with Crippen molar-refractivity contribution < 1.29 is 19.1 Å². The lowest BCUT2D eigenvalue weighted by atomic mass is 10.2. The number of anilines is 1. The fourth-order valence-corrected chi connectivity index (χ4v) is 1.92. The third kappa shape index (κ3) is 3.94. The quantitative estimate of drug-likeness (QED) is 0.870. The van der Waals surface area contributed by atoms with Crippen LogP contribution in [0.25, 0.3) is 0 Å². The molecule has 0 aliphatic heterocycles. The maximum absolute atomic E-state index is 13.2. The number of aliphatic carboxylic acids is 1. The maximum atomic E-state index is 13.2. The predicted molar refractivity (Wildman–Crippen MR) is 72.1 cm³/mol. The molecule has 1 aromatic rings. The van der Waals surface area contributed by atoms with Gasteiger partial charge < -0.3 is 15.3 Å². The van der Waals surface area contributed by atoms with E-state index in [1.165, 1.54) is 17.0 Å². The van der Waals surface area contributed by atoms with Gasteiger partial charge in [-0.05, 0) is 43.4 Å². The Hall–Kier alpha value is -2.11. The summed E-state index contributed by atoms with van der Waals surface area (Å²) in [4.78, 5) is 24.2. The normalized spacial score (nSPS) is 13.9. The van der Waals surface area contributed by atoms with E-state index in [-0.39, 0.29) is 6.54 Å². The minimum absolute atomic E-state index is 0.350. The Kier molecular flexibility index (Phi) is 4.22. The highest BCUT2D eigenvalue weighted by molar-refractivity contribution is 5.92. The number of carboxylic acids is 1. The van der Waals surface area contributed by atoms with Gasteiger partial charge in [0.05, 0.1) is 0 Å². The van der Waals surface area contributed by atoms with Gasteiger partial charge in [-0.2, -0.15) is 0 Å². The van der Waals surface area contributed by atoms with E-state index >= 15 is 0 Å². The molecule has 0 spiro atoms. The smallest absolute Gasteiger partial charge is 0.323 e. The molecule has 0 saturated heterocycles. The highest BCUT2D eigenvalue weighted by Gasteiger charge is 2.28. The largest absolute Gasteiger partial charge is 0.480 e. The summed E-state index contributed by atoms with van der Waals surface area (Å²) in [6, 6.07) is 3.59. The molecule has 2 N–H and O–H groups in total. The summed E-state index contributed by atoms with van der Waals surface area (Å²) in [5.74, 6) is -1.12. The lowest BCUT2D eigenvalue weighted by Gasteiger charge is -2.21. The Morgan fingerprint density at radius 3 is 2.75 bits per heavy atom. The van der Waals surface area contributed by atoms with Crippen LogP contribution in [0.1, 0.15) is 18.4 Å². The fourth-order valence-electron chi connectivity index (χ4n) is 1.92. The number of nitrogens with one attached hydrogen (secondary N) is 1. The van der Waals surface area contributed by atoms with Gasteiger partial charge in [-0.3, -0.25) is 4.79 Å². The summed E-state index contributed by atoms with van der Waals surface area (Å²) in [5, 5.41) is 11.4. The maximum Gasteiger partial charge on any atom is 0.323 e. The number of carbonyl (C=O) groups is 2. The van der Waals surface area contributed by atoms with Crippen LogP contribution in [0.4, 0.5) is 14.9 Å². The van der Waals surface area contributed by atoms with Gasteiger partial charge in [0, 0.05) is 12.2 Å². The lowest BCUT2D eigenvalue weighted by molar-refractivity contribution is -0.137. The molecule has 0 heterocycles. The number of halogens is 1. The van der Waals surface area contributed by atoms with Crippen molar-refractivity contribution in [3.8, 4) is 0 Å². The van der Waals surface area contributed by atoms with Gasteiger partial charge in [0.1, 0.15) is 12.4 Å². The van der Waals surface area contributed by atoms with Crippen LogP contribution in [0.5, 0.6) is 0 Å². The summed E-state index contributed by atoms with van der Waals surface area (Å²) in [6.45, 7) is 1.82. The second kappa shape index (κ2) is 5.90. The molecule has 20 heavy (non-hydrogen) atoms. The first-order chi connectivity index (χ1) is 9.45. The molecule has 0 bridgehead atoms. The van der Waals surface area contributed by atoms with Gasteiger partial charge >= 0.3 is 12.0 Å². The molecule has 5 nitrogen and oxygen atoms in total. The molecule has 1 fully saturated rings. The molecule has 6 heteroatoms. The number of aryl methyl sites for hydroxylation is 1. The summed E-state index contributed by atoms with van der Waals surface area (Å²) in [6.07, 6.45) is 2.03. The third-order valence-electron chi connectivity index (χ3n) is 3.23. The van der Waals surface area contributed by atoms with Crippen molar-refractivity contribution in [1.29, 1.82) is 0 Å². The highest BCUT2D eigenvalue weighted by atomic mass is 19.1. The summed E-state index contributed by atoms with van der Waals surface area (Å²) in [7, 11) is 0. The Labute approximate surface area is 116 Å². The van der Waals surface area contributed by atoms with E-state index in [1.807, 2.05) is 0 Å². The van der Waals surface area contributed by atoms with Crippen molar-refractivity contribution in [2.24, 2.45) is 5.92 Å². The number of urea groups is 1. The van der Waals surface area contributed by atoms with Crippen LogP contribution >= 0.6 is 0 Å². The van der Waals surface area contributed by atoms with E-state index in [0.717, 1.165) is 18.4 Å². The zero-order valence-electron chi connectivity index (χ0n) is 11.2. The zero-order chi connectivity index (χ0) is 14.7.